The number of pyridine rings is 1. The zero-order chi connectivity index (χ0) is 19.4. The number of para-hydroxylation sites is 1. The van der Waals surface area contributed by atoms with E-state index in [1.54, 1.807) is 18.2 Å². The van der Waals surface area contributed by atoms with Crippen LogP contribution in [0.5, 0.6) is 0 Å². The molecule has 0 aliphatic heterocycles. The molecule has 0 spiro atoms. The summed E-state index contributed by atoms with van der Waals surface area (Å²) in [4.78, 5) is 25.7. The van der Waals surface area contributed by atoms with E-state index >= 15 is 0 Å². The minimum absolute atomic E-state index is 0.172. The number of aryl methyl sites for hydroxylation is 1. The van der Waals surface area contributed by atoms with Crippen molar-refractivity contribution in [2.24, 2.45) is 0 Å². The molecular formula is C22H21ClN2O2. The Morgan fingerprint density at radius 2 is 1.81 bits per heavy atom. The lowest BCUT2D eigenvalue weighted by molar-refractivity contribution is 0.102. The number of halogens is 1. The summed E-state index contributed by atoms with van der Waals surface area (Å²) < 4.78 is 1.94. The van der Waals surface area contributed by atoms with Crippen molar-refractivity contribution in [3.05, 3.63) is 92.9 Å². The van der Waals surface area contributed by atoms with Gasteiger partial charge in [-0.2, -0.15) is 0 Å². The van der Waals surface area contributed by atoms with Crippen LogP contribution in [0.25, 0.3) is 5.69 Å². The van der Waals surface area contributed by atoms with Crippen LogP contribution in [-0.4, -0.2) is 10.5 Å². The van der Waals surface area contributed by atoms with E-state index in [2.05, 4.69) is 5.32 Å². The third kappa shape index (κ3) is 4.12. The number of nitrogens with one attached hydrogen (secondary N) is 1. The highest BCUT2D eigenvalue weighted by Crippen LogP contribution is 2.22. The van der Waals surface area contributed by atoms with Gasteiger partial charge in [0, 0.05) is 33.9 Å². The maximum Gasteiger partial charge on any atom is 0.261 e. The van der Waals surface area contributed by atoms with E-state index < -0.39 is 5.91 Å². The lowest BCUT2D eigenvalue weighted by Gasteiger charge is -2.20. The van der Waals surface area contributed by atoms with Crippen molar-refractivity contribution in [3.63, 3.8) is 0 Å². The minimum Gasteiger partial charge on any atom is -0.322 e. The lowest BCUT2D eigenvalue weighted by Crippen LogP contribution is -2.28. The van der Waals surface area contributed by atoms with Crippen LogP contribution in [-0.2, 0) is 6.42 Å². The molecule has 5 heteroatoms. The van der Waals surface area contributed by atoms with Crippen molar-refractivity contribution in [3.8, 4) is 5.69 Å². The van der Waals surface area contributed by atoms with Crippen molar-refractivity contribution >= 4 is 23.2 Å². The third-order valence-corrected chi connectivity index (χ3v) is 4.54. The first-order valence-electron chi connectivity index (χ1n) is 8.89. The summed E-state index contributed by atoms with van der Waals surface area (Å²) >= 11 is 6.16. The summed E-state index contributed by atoms with van der Waals surface area (Å²) in [5, 5.41) is 3.43. The smallest absolute Gasteiger partial charge is 0.261 e. The summed E-state index contributed by atoms with van der Waals surface area (Å²) in [6, 6.07) is 18.0. The van der Waals surface area contributed by atoms with Gasteiger partial charge in [-0.3, -0.25) is 9.59 Å². The molecule has 0 aliphatic carbocycles. The highest BCUT2D eigenvalue weighted by molar-refractivity contribution is 6.30. The summed E-state index contributed by atoms with van der Waals surface area (Å²) in [6.07, 6.45) is 1.40. The Morgan fingerprint density at radius 1 is 1.07 bits per heavy atom. The van der Waals surface area contributed by atoms with Gasteiger partial charge in [0.15, 0.2) is 5.43 Å². The molecule has 4 nitrogen and oxygen atoms in total. The topological polar surface area (TPSA) is 51.1 Å². The van der Waals surface area contributed by atoms with E-state index in [-0.39, 0.29) is 11.0 Å². The molecule has 3 rings (SSSR count). The van der Waals surface area contributed by atoms with Gasteiger partial charge in [0.25, 0.3) is 5.91 Å². The van der Waals surface area contributed by atoms with E-state index in [4.69, 9.17) is 11.6 Å². The second kappa shape index (κ2) is 8.23. The zero-order valence-corrected chi connectivity index (χ0v) is 16.1. The van der Waals surface area contributed by atoms with Gasteiger partial charge in [-0.15, -0.1) is 0 Å². The molecule has 1 aromatic heterocycles. The molecule has 1 heterocycles. The molecule has 27 heavy (non-hydrogen) atoms. The SMILES string of the molecule is CCCc1c(C(=O)Nc2ccccc2)c(=O)cc(C)n1-c1cccc(Cl)c1. The van der Waals surface area contributed by atoms with Crippen LogP contribution < -0.4 is 10.7 Å². The molecule has 0 saturated carbocycles. The second-order valence-corrected chi connectivity index (χ2v) is 6.79. The predicted octanol–water partition coefficient (Wildman–Crippen LogP) is 5.00. The summed E-state index contributed by atoms with van der Waals surface area (Å²) in [7, 11) is 0. The standard InChI is InChI=1S/C22H21ClN2O2/c1-3-8-19-21(22(27)24-17-10-5-4-6-11-17)20(26)13-15(2)25(19)18-12-7-9-16(23)14-18/h4-7,9-14H,3,8H2,1-2H3,(H,24,27). The van der Waals surface area contributed by atoms with Gasteiger partial charge < -0.3 is 9.88 Å². The molecule has 0 fully saturated rings. The summed E-state index contributed by atoms with van der Waals surface area (Å²) in [5.74, 6) is -0.398. The number of carbonyl (C=O) groups excluding carboxylic acids is 1. The van der Waals surface area contributed by atoms with Crippen molar-refractivity contribution in [1.29, 1.82) is 0 Å². The highest BCUT2D eigenvalue weighted by Gasteiger charge is 2.20. The first-order chi connectivity index (χ1) is 13.0. The van der Waals surface area contributed by atoms with E-state index in [0.29, 0.717) is 22.8 Å². The molecule has 0 unspecified atom stereocenters. The number of carbonyl (C=O) groups is 1. The molecule has 0 saturated heterocycles. The Bertz CT molecular complexity index is 1030. The Hall–Kier alpha value is -2.85. The van der Waals surface area contributed by atoms with E-state index in [1.165, 1.54) is 6.07 Å². The number of rotatable bonds is 5. The Balaban J connectivity index is 2.17. The second-order valence-electron chi connectivity index (χ2n) is 6.36. The fourth-order valence-corrected chi connectivity index (χ4v) is 3.38. The van der Waals surface area contributed by atoms with E-state index in [9.17, 15) is 9.59 Å². The molecule has 0 radical (unpaired) electrons. The Morgan fingerprint density at radius 3 is 2.48 bits per heavy atom. The number of aromatic nitrogens is 1. The van der Waals surface area contributed by atoms with Gasteiger partial charge in [-0.05, 0) is 43.7 Å². The fraction of sp³-hybridized carbons (Fsp3) is 0.182. The molecule has 1 amide bonds. The molecule has 3 aromatic rings. The quantitative estimate of drug-likeness (QED) is 0.676. The van der Waals surface area contributed by atoms with Crippen LogP contribution in [0.4, 0.5) is 5.69 Å². The first-order valence-corrected chi connectivity index (χ1v) is 9.27. The van der Waals surface area contributed by atoms with E-state index in [0.717, 1.165) is 17.8 Å². The normalized spacial score (nSPS) is 10.6. The maximum absolute atomic E-state index is 12.9. The van der Waals surface area contributed by atoms with Crippen LogP contribution in [0.2, 0.25) is 5.02 Å². The molecular weight excluding hydrogens is 360 g/mol. The summed E-state index contributed by atoms with van der Waals surface area (Å²) in [5.41, 5.74) is 2.84. The molecule has 0 aliphatic rings. The van der Waals surface area contributed by atoms with Crippen LogP contribution in [0.1, 0.15) is 35.1 Å². The lowest BCUT2D eigenvalue weighted by atomic mass is 10.1. The number of hydrogen-bond acceptors (Lipinski definition) is 2. The third-order valence-electron chi connectivity index (χ3n) is 4.31. The Kier molecular flexibility index (Phi) is 5.77. The number of amides is 1. The van der Waals surface area contributed by atoms with Crippen LogP contribution in [0, 0.1) is 6.92 Å². The molecule has 0 bridgehead atoms. The number of hydrogen-bond donors (Lipinski definition) is 1. The minimum atomic E-state index is -0.398. The van der Waals surface area contributed by atoms with Crippen LogP contribution >= 0.6 is 11.6 Å². The molecule has 0 atom stereocenters. The van der Waals surface area contributed by atoms with Gasteiger partial charge in [0.05, 0.1) is 0 Å². The maximum atomic E-state index is 12.9. The number of anilines is 1. The largest absolute Gasteiger partial charge is 0.322 e. The highest BCUT2D eigenvalue weighted by atomic mass is 35.5. The first kappa shape index (κ1) is 18.9. The van der Waals surface area contributed by atoms with Crippen molar-refractivity contribution in [1.82, 2.24) is 4.57 Å². The Labute approximate surface area is 163 Å². The summed E-state index contributed by atoms with van der Waals surface area (Å²) in [6.45, 7) is 3.88. The molecule has 2 aromatic carbocycles. The number of nitrogens with zero attached hydrogens (tertiary/aromatic N) is 1. The van der Waals surface area contributed by atoms with Crippen molar-refractivity contribution < 1.29 is 4.79 Å². The van der Waals surface area contributed by atoms with Gasteiger partial charge in [-0.1, -0.05) is 49.2 Å². The average Bonchev–Trinajstić information content (AvgIpc) is 2.62. The predicted molar refractivity (Wildman–Crippen MR) is 110 cm³/mol. The molecule has 138 valence electrons. The van der Waals surface area contributed by atoms with Crippen LogP contribution in [0.3, 0.4) is 0 Å². The van der Waals surface area contributed by atoms with Gasteiger partial charge in [0.2, 0.25) is 0 Å². The van der Waals surface area contributed by atoms with Crippen LogP contribution in [0.15, 0.2) is 65.5 Å². The van der Waals surface area contributed by atoms with E-state index in [1.807, 2.05) is 54.8 Å². The van der Waals surface area contributed by atoms with Gasteiger partial charge >= 0.3 is 0 Å². The number of benzene rings is 2. The fourth-order valence-electron chi connectivity index (χ4n) is 3.20. The zero-order valence-electron chi connectivity index (χ0n) is 15.3. The van der Waals surface area contributed by atoms with Crippen molar-refractivity contribution in [2.45, 2.75) is 26.7 Å². The average molecular weight is 381 g/mol. The molecule has 1 N–H and O–H groups in total. The van der Waals surface area contributed by atoms with Gasteiger partial charge in [-0.25, -0.2) is 0 Å². The van der Waals surface area contributed by atoms with Crippen molar-refractivity contribution in [2.75, 3.05) is 5.32 Å². The monoisotopic (exact) mass is 380 g/mol. The van der Waals surface area contributed by atoms with Gasteiger partial charge in [0.1, 0.15) is 5.56 Å².